The van der Waals surface area contributed by atoms with Crippen LogP contribution in [0.25, 0.3) is 0 Å². The van der Waals surface area contributed by atoms with E-state index in [4.69, 9.17) is 10.1 Å². The normalized spacial score (nSPS) is 29.6. The summed E-state index contributed by atoms with van der Waals surface area (Å²) in [7, 11) is 0. The van der Waals surface area contributed by atoms with Crippen LogP contribution in [0.2, 0.25) is 0 Å². The topological polar surface area (TPSA) is 56.6 Å². The number of aliphatic hydroxyl groups is 1. The van der Waals surface area contributed by atoms with E-state index in [0.717, 1.165) is 25.2 Å². The molecule has 1 unspecified atom stereocenters. The molecule has 0 aromatic rings. The van der Waals surface area contributed by atoms with Crippen LogP contribution in [0.1, 0.15) is 39.5 Å². The average Bonchev–Trinajstić information content (AvgIpc) is 2.79. The number of ether oxygens (including phenoxy) is 1. The Morgan fingerprint density at radius 2 is 2.06 bits per heavy atom. The minimum atomic E-state index is -0.267. The summed E-state index contributed by atoms with van der Waals surface area (Å²) < 4.78 is 5.78. The molecule has 4 nitrogen and oxygen atoms in total. The quantitative estimate of drug-likeness (QED) is 0.569. The van der Waals surface area contributed by atoms with Crippen molar-refractivity contribution in [3.05, 3.63) is 0 Å². The molecule has 2 rings (SSSR count). The van der Waals surface area contributed by atoms with E-state index in [0.29, 0.717) is 12.5 Å². The molecular weight excluding hydrogens is 216 g/mol. The number of aliphatic hydroxyl groups excluding tert-OH is 1. The highest BCUT2D eigenvalue weighted by atomic mass is 16.5. The van der Waals surface area contributed by atoms with E-state index in [2.05, 4.69) is 4.90 Å². The van der Waals surface area contributed by atoms with E-state index in [9.17, 15) is 5.11 Å². The highest BCUT2D eigenvalue weighted by Gasteiger charge is 2.36. The SMILES string of the molecule is CC1(C)CN(C(=N)C2CCCC2)CC(CO)O1. The summed E-state index contributed by atoms with van der Waals surface area (Å²) in [6.07, 6.45) is 4.66. The molecule has 17 heavy (non-hydrogen) atoms. The van der Waals surface area contributed by atoms with Gasteiger partial charge in [0.15, 0.2) is 0 Å². The predicted octanol–water partition coefficient (Wildman–Crippen LogP) is 1.63. The molecule has 1 saturated heterocycles. The molecule has 1 heterocycles. The van der Waals surface area contributed by atoms with Crippen molar-refractivity contribution in [1.82, 2.24) is 4.90 Å². The summed E-state index contributed by atoms with van der Waals surface area (Å²) in [5.74, 6) is 1.19. The van der Waals surface area contributed by atoms with Crippen LogP contribution in [0.4, 0.5) is 0 Å². The number of hydrogen-bond acceptors (Lipinski definition) is 3. The Morgan fingerprint density at radius 3 is 2.65 bits per heavy atom. The van der Waals surface area contributed by atoms with Crippen LogP contribution < -0.4 is 0 Å². The van der Waals surface area contributed by atoms with Gasteiger partial charge < -0.3 is 14.7 Å². The fourth-order valence-corrected chi connectivity index (χ4v) is 3.03. The Bertz CT molecular complexity index is 285. The van der Waals surface area contributed by atoms with E-state index in [1.54, 1.807) is 0 Å². The van der Waals surface area contributed by atoms with Gasteiger partial charge in [-0.05, 0) is 26.7 Å². The van der Waals surface area contributed by atoms with Gasteiger partial charge in [0.2, 0.25) is 0 Å². The summed E-state index contributed by atoms with van der Waals surface area (Å²) in [6.45, 7) is 5.53. The first-order chi connectivity index (χ1) is 8.02. The number of morpholine rings is 1. The van der Waals surface area contributed by atoms with Crippen molar-refractivity contribution in [2.24, 2.45) is 5.92 Å². The van der Waals surface area contributed by atoms with Crippen LogP contribution in [-0.4, -0.2) is 47.2 Å². The maximum absolute atomic E-state index is 9.27. The first-order valence-corrected chi connectivity index (χ1v) is 6.64. The standard InChI is InChI=1S/C13H24N2O2/c1-13(2)9-15(7-11(8-16)17-13)12(14)10-5-3-4-6-10/h10-11,14,16H,3-9H2,1-2H3. The third-order valence-corrected chi connectivity index (χ3v) is 3.77. The van der Waals surface area contributed by atoms with Crippen LogP contribution in [0.5, 0.6) is 0 Å². The minimum absolute atomic E-state index is 0.0396. The van der Waals surface area contributed by atoms with E-state index in [-0.39, 0.29) is 18.3 Å². The van der Waals surface area contributed by atoms with Crippen molar-refractivity contribution in [2.75, 3.05) is 19.7 Å². The Hall–Kier alpha value is -0.610. The van der Waals surface area contributed by atoms with Crippen LogP contribution in [0.3, 0.4) is 0 Å². The molecule has 1 saturated carbocycles. The molecule has 98 valence electrons. The molecule has 1 aliphatic carbocycles. The van der Waals surface area contributed by atoms with Gasteiger partial charge in [0.1, 0.15) is 0 Å². The zero-order valence-corrected chi connectivity index (χ0v) is 10.9. The molecule has 1 aliphatic heterocycles. The second-order valence-corrected chi connectivity index (χ2v) is 5.93. The monoisotopic (exact) mass is 240 g/mol. The van der Waals surface area contributed by atoms with Crippen molar-refractivity contribution in [3.8, 4) is 0 Å². The van der Waals surface area contributed by atoms with Gasteiger partial charge in [0, 0.05) is 19.0 Å². The molecular formula is C13H24N2O2. The molecule has 1 atom stereocenters. The summed E-state index contributed by atoms with van der Waals surface area (Å²) in [5.41, 5.74) is -0.267. The minimum Gasteiger partial charge on any atom is -0.394 e. The molecule has 2 N–H and O–H groups in total. The third kappa shape index (κ3) is 2.99. The summed E-state index contributed by atoms with van der Waals surface area (Å²) >= 11 is 0. The first-order valence-electron chi connectivity index (χ1n) is 6.64. The number of rotatable bonds is 2. The Balaban J connectivity index is 2.01. The molecule has 0 aromatic carbocycles. The van der Waals surface area contributed by atoms with Gasteiger partial charge in [-0.15, -0.1) is 0 Å². The Morgan fingerprint density at radius 1 is 1.41 bits per heavy atom. The van der Waals surface area contributed by atoms with Crippen molar-refractivity contribution < 1.29 is 9.84 Å². The highest BCUT2D eigenvalue weighted by molar-refractivity contribution is 5.82. The smallest absolute Gasteiger partial charge is 0.0991 e. The van der Waals surface area contributed by atoms with Crippen LogP contribution in [0, 0.1) is 11.3 Å². The van der Waals surface area contributed by atoms with Crippen LogP contribution in [-0.2, 0) is 4.74 Å². The van der Waals surface area contributed by atoms with Gasteiger partial charge in [-0.25, -0.2) is 0 Å². The molecule has 0 bridgehead atoms. The van der Waals surface area contributed by atoms with Gasteiger partial charge in [-0.3, -0.25) is 5.41 Å². The molecule has 4 heteroatoms. The number of nitrogens with one attached hydrogen (secondary N) is 1. The fourth-order valence-electron chi connectivity index (χ4n) is 3.03. The maximum atomic E-state index is 9.27. The van der Waals surface area contributed by atoms with Gasteiger partial charge in [0.25, 0.3) is 0 Å². The van der Waals surface area contributed by atoms with E-state index >= 15 is 0 Å². The van der Waals surface area contributed by atoms with Crippen LogP contribution in [0.15, 0.2) is 0 Å². The second-order valence-electron chi connectivity index (χ2n) is 5.93. The third-order valence-electron chi connectivity index (χ3n) is 3.77. The zero-order valence-electron chi connectivity index (χ0n) is 10.9. The molecule has 2 fully saturated rings. The zero-order chi connectivity index (χ0) is 12.5. The lowest BCUT2D eigenvalue weighted by Gasteiger charge is -2.44. The molecule has 0 amide bonds. The van der Waals surface area contributed by atoms with E-state index in [1.807, 2.05) is 13.8 Å². The van der Waals surface area contributed by atoms with Gasteiger partial charge in [0.05, 0.1) is 24.1 Å². The Labute approximate surface area is 103 Å². The van der Waals surface area contributed by atoms with Gasteiger partial charge in [-0.2, -0.15) is 0 Å². The predicted molar refractivity (Wildman–Crippen MR) is 67.3 cm³/mol. The number of hydrogen-bond donors (Lipinski definition) is 2. The summed E-state index contributed by atoms with van der Waals surface area (Å²) in [5, 5.41) is 17.6. The highest BCUT2D eigenvalue weighted by Crippen LogP contribution is 2.29. The van der Waals surface area contributed by atoms with Crippen molar-refractivity contribution in [3.63, 3.8) is 0 Å². The Kier molecular flexibility index (Phi) is 3.73. The first kappa shape index (κ1) is 12.8. The van der Waals surface area contributed by atoms with Crippen molar-refractivity contribution in [1.29, 1.82) is 5.41 Å². The van der Waals surface area contributed by atoms with Crippen LogP contribution >= 0.6 is 0 Å². The molecule has 0 aromatic heterocycles. The molecule has 0 spiro atoms. The summed E-state index contributed by atoms with van der Waals surface area (Å²) in [6, 6.07) is 0. The lowest BCUT2D eigenvalue weighted by molar-refractivity contribution is -0.135. The molecule has 0 radical (unpaired) electrons. The fraction of sp³-hybridized carbons (Fsp3) is 0.923. The second kappa shape index (κ2) is 4.94. The summed E-state index contributed by atoms with van der Waals surface area (Å²) in [4.78, 5) is 2.11. The average molecular weight is 240 g/mol. The number of nitrogens with zero attached hydrogens (tertiary/aromatic N) is 1. The lowest BCUT2D eigenvalue weighted by Crippen LogP contribution is -2.56. The van der Waals surface area contributed by atoms with Crippen molar-refractivity contribution in [2.45, 2.75) is 51.2 Å². The van der Waals surface area contributed by atoms with Gasteiger partial charge >= 0.3 is 0 Å². The van der Waals surface area contributed by atoms with Gasteiger partial charge in [-0.1, -0.05) is 12.8 Å². The molecule has 2 aliphatic rings. The lowest BCUT2D eigenvalue weighted by atomic mass is 10.0. The van der Waals surface area contributed by atoms with Crippen molar-refractivity contribution >= 4 is 5.84 Å². The largest absolute Gasteiger partial charge is 0.394 e. The maximum Gasteiger partial charge on any atom is 0.0991 e. The number of amidine groups is 1. The van der Waals surface area contributed by atoms with E-state index in [1.165, 1.54) is 12.8 Å². The van der Waals surface area contributed by atoms with E-state index < -0.39 is 0 Å².